The van der Waals surface area contributed by atoms with E-state index >= 15 is 0 Å². The van der Waals surface area contributed by atoms with Crippen molar-refractivity contribution in [2.45, 2.75) is 0 Å². The summed E-state index contributed by atoms with van der Waals surface area (Å²) in [5.74, 6) is 0. The third-order valence-corrected chi connectivity index (χ3v) is 1.51. The zero-order valence-corrected chi connectivity index (χ0v) is 6.27. The number of methoxy groups -OCH3 is 1. The molecule has 0 saturated carbocycles. The van der Waals surface area contributed by atoms with Crippen LogP contribution in [0.4, 0.5) is 9.18 Å². The molecule has 0 amide bonds. The summed E-state index contributed by atoms with van der Waals surface area (Å²) in [6, 6.07) is 0. The molecule has 0 N–H and O–H groups in total. The molecule has 6 heteroatoms. The van der Waals surface area contributed by atoms with Crippen molar-refractivity contribution in [2.75, 3.05) is 20.4 Å². The Morgan fingerprint density at radius 1 is 1.70 bits per heavy atom. The number of alkyl halides is 1. The number of rotatable bonds is 4. The van der Waals surface area contributed by atoms with E-state index in [1.165, 1.54) is 0 Å². The number of carbonyl (C=O) groups is 1. The molecule has 1 unspecified atom stereocenters. The molecule has 1 atom stereocenters. The van der Waals surface area contributed by atoms with Crippen LogP contribution in [0.15, 0.2) is 0 Å². The zero-order valence-electron chi connectivity index (χ0n) is 5.37. The van der Waals surface area contributed by atoms with E-state index in [0.29, 0.717) is 0 Å². The highest BCUT2D eigenvalue weighted by Gasteiger charge is 2.32. The largest absolute Gasteiger partial charge is 0.636 e. The van der Waals surface area contributed by atoms with Crippen LogP contribution in [0, 0.1) is 0 Å². The van der Waals surface area contributed by atoms with Gasteiger partial charge in [0.25, 0.3) is 0 Å². The molecular weight excluding hydrogens is 162 g/mol. The highest BCUT2D eigenvalue weighted by atomic mass is 31.1. The van der Waals surface area contributed by atoms with Crippen LogP contribution in [0.5, 0.6) is 0 Å². The molecule has 0 aromatic heterocycles. The summed E-state index contributed by atoms with van der Waals surface area (Å²) < 4.78 is 30.0. The molecule has 0 spiro atoms. The lowest BCUT2D eigenvalue weighted by molar-refractivity contribution is 0.190. The maximum Gasteiger partial charge on any atom is 0.636 e. The van der Waals surface area contributed by atoms with Crippen LogP contribution in [-0.2, 0) is 13.8 Å². The lowest BCUT2D eigenvalue weighted by Gasteiger charge is -1.83. The fraction of sp³-hybridized carbons (Fsp3) is 0.750. The first kappa shape index (κ1) is 9.46. The molecular formula is C4H7FO4P+. The van der Waals surface area contributed by atoms with Gasteiger partial charge in [-0.25, -0.2) is 4.39 Å². The van der Waals surface area contributed by atoms with Gasteiger partial charge in [0.2, 0.25) is 0 Å². The predicted molar refractivity (Wildman–Crippen MR) is 31.9 cm³/mol. The second-order valence-corrected chi connectivity index (χ2v) is 2.39. The standard InChI is InChI=1S/C4H7FO4P/c1-8-4(6)10(7)9-3-2-5/h2-3H2,1H3/q+1. The van der Waals surface area contributed by atoms with Gasteiger partial charge < -0.3 is 4.74 Å². The molecule has 0 aliphatic carbocycles. The van der Waals surface area contributed by atoms with E-state index in [-0.39, 0.29) is 6.61 Å². The fourth-order valence-electron chi connectivity index (χ4n) is 0.245. The Labute approximate surface area is 58.2 Å². The first-order valence-corrected chi connectivity index (χ1v) is 3.64. The molecule has 0 aromatic carbocycles. The molecule has 4 nitrogen and oxygen atoms in total. The van der Waals surface area contributed by atoms with Gasteiger partial charge in [-0.1, -0.05) is 0 Å². The fourth-order valence-corrected chi connectivity index (χ4v) is 0.734. The van der Waals surface area contributed by atoms with Crippen molar-refractivity contribution >= 4 is 13.7 Å². The monoisotopic (exact) mass is 169 g/mol. The smallest absolute Gasteiger partial charge is 0.429 e. The molecule has 58 valence electrons. The number of hydrogen-bond donors (Lipinski definition) is 0. The number of carbonyl (C=O) groups excluding carboxylic acids is 1. The van der Waals surface area contributed by atoms with Crippen molar-refractivity contribution in [2.24, 2.45) is 0 Å². The van der Waals surface area contributed by atoms with Crippen LogP contribution in [0.25, 0.3) is 0 Å². The van der Waals surface area contributed by atoms with Crippen LogP contribution in [-0.4, -0.2) is 26.1 Å². The Kier molecular flexibility index (Phi) is 4.98. The Morgan fingerprint density at radius 2 is 2.30 bits per heavy atom. The van der Waals surface area contributed by atoms with Crippen LogP contribution in [0.3, 0.4) is 0 Å². The molecule has 10 heavy (non-hydrogen) atoms. The Bertz CT molecular complexity index is 137. The van der Waals surface area contributed by atoms with Crippen molar-refractivity contribution in [3.8, 4) is 0 Å². The van der Waals surface area contributed by atoms with Gasteiger partial charge in [-0.3, -0.25) is 0 Å². The summed E-state index contributed by atoms with van der Waals surface area (Å²) in [6.45, 7) is -1.11. The highest BCUT2D eigenvalue weighted by molar-refractivity contribution is 7.58. The quantitative estimate of drug-likeness (QED) is 0.598. The molecule has 0 radical (unpaired) electrons. The van der Waals surface area contributed by atoms with Crippen molar-refractivity contribution in [3.63, 3.8) is 0 Å². The number of ether oxygens (including phenoxy) is 1. The first-order chi connectivity index (χ1) is 4.72. The minimum Gasteiger partial charge on any atom is -0.429 e. The molecule has 0 heterocycles. The zero-order chi connectivity index (χ0) is 7.98. The summed E-state index contributed by atoms with van der Waals surface area (Å²) in [4.78, 5) is 10.3. The lowest BCUT2D eigenvalue weighted by Crippen LogP contribution is -1.95. The molecule has 0 aliphatic rings. The third-order valence-electron chi connectivity index (χ3n) is 0.609. The number of hydrogen-bond acceptors (Lipinski definition) is 4. The van der Waals surface area contributed by atoms with Gasteiger partial charge in [0.15, 0.2) is 0 Å². The molecule has 0 bridgehead atoms. The Balaban J connectivity index is 3.52. The van der Waals surface area contributed by atoms with Gasteiger partial charge in [-0.15, -0.1) is 4.52 Å². The van der Waals surface area contributed by atoms with Crippen LogP contribution in [0.1, 0.15) is 0 Å². The minimum atomic E-state index is -2.50. The Hall–Kier alpha value is -0.540. The molecule has 0 fully saturated rings. The SMILES string of the molecule is COC(=O)[P+](=O)OCCF. The van der Waals surface area contributed by atoms with Gasteiger partial charge in [-0.05, 0) is 4.57 Å². The maximum atomic E-state index is 11.3. The summed E-state index contributed by atoms with van der Waals surface area (Å²) in [6.07, 6.45) is 0. The third kappa shape index (κ3) is 3.48. The van der Waals surface area contributed by atoms with Gasteiger partial charge in [-0.2, -0.15) is 4.79 Å². The predicted octanol–water partition coefficient (Wildman–Crippen LogP) is 1.48. The van der Waals surface area contributed by atoms with E-state index in [9.17, 15) is 13.8 Å². The van der Waals surface area contributed by atoms with Crippen molar-refractivity contribution in [1.29, 1.82) is 0 Å². The van der Waals surface area contributed by atoms with Gasteiger partial charge in [0.1, 0.15) is 13.3 Å². The van der Waals surface area contributed by atoms with Gasteiger partial charge in [0, 0.05) is 0 Å². The minimum absolute atomic E-state index is 0.343. The van der Waals surface area contributed by atoms with Crippen molar-refractivity contribution in [1.82, 2.24) is 0 Å². The van der Waals surface area contributed by atoms with Crippen molar-refractivity contribution < 1.29 is 23.0 Å². The molecule has 0 aliphatic heterocycles. The topological polar surface area (TPSA) is 52.6 Å². The van der Waals surface area contributed by atoms with Crippen LogP contribution < -0.4 is 0 Å². The first-order valence-electron chi connectivity index (χ1n) is 2.46. The van der Waals surface area contributed by atoms with E-state index in [4.69, 9.17) is 0 Å². The van der Waals surface area contributed by atoms with Crippen molar-refractivity contribution in [3.05, 3.63) is 0 Å². The average Bonchev–Trinajstić information content (AvgIpc) is 1.98. The highest BCUT2D eigenvalue weighted by Crippen LogP contribution is 2.23. The van der Waals surface area contributed by atoms with Gasteiger partial charge in [0.05, 0.1) is 7.11 Å². The van der Waals surface area contributed by atoms with E-state index < -0.39 is 20.4 Å². The van der Waals surface area contributed by atoms with Crippen LogP contribution >= 0.6 is 8.03 Å². The van der Waals surface area contributed by atoms with E-state index in [2.05, 4.69) is 9.26 Å². The van der Waals surface area contributed by atoms with E-state index in [1.54, 1.807) is 0 Å². The summed E-state index contributed by atoms with van der Waals surface area (Å²) in [5, 5.41) is 0. The summed E-state index contributed by atoms with van der Waals surface area (Å²) in [7, 11) is -1.42. The second kappa shape index (κ2) is 5.26. The van der Waals surface area contributed by atoms with Crippen LogP contribution in [0.2, 0.25) is 0 Å². The molecule has 0 aromatic rings. The number of halogens is 1. The molecule has 0 rings (SSSR count). The maximum absolute atomic E-state index is 11.3. The molecule has 0 saturated heterocycles. The summed E-state index contributed by atoms with van der Waals surface area (Å²) >= 11 is 0. The average molecular weight is 169 g/mol. The van der Waals surface area contributed by atoms with E-state index in [1.807, 2.05) is 0 Å². The second-order valence-electron chi connectivity index (χ2n) is 1.25. The lowest BCUT2D eigenvalue weighted by atomic mass is 10.9. The van der Waals surface area contributed by atoms with Gasteiger partial charge >= 0.3 is 13.7 Å². The van der Waals surface area contributed by atoms with E-state index in [0.717, 1.165) is 7.11 Å². The summed E-state index contributed by atoms with van der Waals surface area (Å²) in [5.41, 5.74) is -0.969. The Morgan fingerprint density at radius 3 is 2.70 bits per heavy atom. The normalized spacial score (nSPS) is 10.8.